The fraction of sp³-hybridized carbons (Fsp3) is 0.333. The van der Waals surface area contributed by atoms with E-state index < -0.39 is 23.5 Å². The summed E-state index contributed by atoms with van der Waals surface area (Å²) in [4.78, 5) is 1.73. The van der Waals surface area contributed by atoms with Crippen LogP contribution >= 0.6 is 11.3 Å². The lowest BCUT2D eigenvalue weighted by molar-refractivity contribution is 0.516. The standard InChI is InChI=1S/C15H16F3NS/c1-15(2,3)12-5-4-11(20-12)14(19)13-9(17)6-8(16)7-10(13)18/h4-7,14H,19H2,1-3H3. The van der Waals surface area contributed by atoms with Crippen LogP contribution in [0.15, 0.2) is 24.3 Å². The van der Waals surface area contributed by atoms with Crippen LogP contribution in [0.1, 0.15) is 42.1 Å². The lowest BCUT2D eigenvalue weighted by Crippen LogP contribution is -2.15. The van der Waals surface area contributed by atoms with Gasteiger partial charge in [0.1, 0.15) is 17.5 Å². The third kappa shape index (κ3) is 2.88. The number of hydrogen-bond acceptors (Lipinski definition) is 2. The summed E-state index contributed by atoms with van der Waals surface area (Å²) in [5.41, 5.74) is 5.58. The van der Waals surface area contributed by atoms with Gasteiger partial charge < -0.3 is 5.73 Å². The van der Waals surface area contributed by atoms with E-state index in [1.54, 1.807) is 6.07 Å². The van der Waals surface area contributed by atoms with Crippen LogP contribution in [0, 0.1) is 17.5 Å². The second-order valence-electron chi connectivity index (χ2n) is 5.71. The van der Waals surface area contributed by atoms with Gasteiger partial charge in [0.25, 0.3) is 0 Å². The van der Waals surface area contributed by atoms with Crippen molar-refractivity contribution in [1.82, 2.24) is 0 Å². The summed E-state index contributed by atoms with van der Waals surface area (Å²) < 4.78 is 40.4. The highest BCUT2D eigenvalue weighted by Crippen LogP contribution is 2.35. The van der Waals surface area contributed by atoms with E-state index in [1.807, 2.05) is 26.8 Å². The first-order valence-corrected chi connectivity index (χ1v) is 7.02. The molecular formula is C15H16F3NS. The molecule has 0 radical (unpaired) electrons. The van der Waals surface area contributed by atoms with Crippen LogP contribution < -0.4 is 5.73 Å². The van der Waals surface area contributed by atoms with Crippen molar-refractivity contribution in [2.75, 3.05) is 0 Å². The van der Waals surface area contributed by atoms with Crippen molar-refractivity contribution < 1.29 is 13.2 Å². The van der Waals surface area contributed by atoms with Crippen molar-refractivity contribution in [3.63, 3.8) is 0 Å². The Morgan fingerprint density at radius 3 is 2.05 bits per heavy atom. The van der Waals surface area contributed by atoms with Gasteiger partial charge in [0.2, 0.25) is 0 Å². The van der Waals surface area contributed by atoms with Crippen LogP contribution in [-0.2, 0) is 5.41 Å². The maximum Gasteiger partial charge on any atom is 0.134 e. The summed E-state index contributed by atoms with van der Waals surface area (Å²) >= 11 is 1.41. The zero-order valence-corrected chi connectivity index (χ0v) is 12.3. The quantitative estimate of drug-likeness (QED) is 0.867. The Hall–Kier alpha value is -1.33. The Morgan fingerprint density at radius 1 is 1.05 bits per heavy atom. The van der Waals surface area contributed by atoms with Gasteiger partial charge in [0.05, 0.1) is 6.04 Å². The summed E-state index contributed by atoms with van der Waals surface area (Å²) in [5.74, 6) is -2.86. The number of nitrogens with two attached hydrogens (primary N) is 1. The third-order valence-corrected chi connectivity index (χ3v) is 4.62. The third-order valence-electron chi connectivity index (χ3n) is 3.03. The van der Waals surface area contributed by atoms with E-state index in [0.717, 1.165) is 4.88 Å². The lowest BCUT2D eigenvalue weighted by atomic mass is 9.95. The zero-order valence-electron chi connectivity index (χ0n) is 11.5. The molecule has 20 heavy (non-hydrogen) atoms. The Bertz CT molecular complexity index is 605. The van der Waals surface area contributed by atoms with Gasteiger partial charge in [-0.15, -0.1) is 11.3 Å². The molecule has 2 aromatic rings. The predicted octanol–water partition coefficient (Wildman–Crippen LogP) is 4.51. The molecule has 1 nitrogen and oxygen atoms in total. The molecule has 0 bridgehead atoms. The molecular weight excluding hydrogens is 283 g/mol. The summed E-state index contributed by atoms with van der Waals surface area (Å²) in [5, 5.41) is 0. The van der Waals surface area contributed by atoms with Crippen molar-refractivity contribution in [1.29, 1.82) is 0 Å². The van der Waals surface area contributed by atoms with E-state index in [-0.39, 0.29) is 11.0 Å². The molecule has 1 unspecified atom stereocenters. The second-order valence-corrected chi connectivity index (χ2v) is 6.83. The predicted molar refractivity (Wildman–Crippen MR) is 75.4 cm³/mol. The topological polar surface area (TPSA) is 26.0 Å². The fourth-order valence-corrected chi connectivity index (χ4v) is 2.99. The van der Waals surface area contributed by atoms with Crippen LogP contribution in [0.3, 0.4) is 0 Å². The second kappa shape index (κ2) is 5.22. The molecule has 2 rings (SSSR count). The average Bonchev–Trinajstić information content (AvgIpc) is 2.75. The Labute approximate surface area is 120 Å². The first-order chi connectivity index (χ1) is 9.20. The maximum atomic E-state index is 13.7. The van der Waals surface area contributed by atoms with E-state index >= 15 is 0 Å². The monoisotopic (exact) mass is 299 g/mol. The number of thiophene rings is 1. The molecule has 0 amide bonds. The molecule has 0 aliphatic carbocycles. The van der Waals surface area contributed by atoms with Crippen LogP contribution in [-0.4, -0.2) is 0 Å². The van der Waals surface area contributed by atoms with Gasteiger partial charge in [-0.3, -0.25) is 0 Å². The molecule has 2 N–H and O–H groups in total. The van der Waals surface area contributed by atoms with Crippen molar-refractivity contribution in [2.24, 2.45) is 5.73 Å². The van der Waals surface area contributed by atoms with Crippen LogP contribution in [0.5, 0.6) is 0 Å². The van der Waals surface area contributed by atoms with Gasteiger partial charge in [-0.25, -0.2) is 13.2 Å². The minimum absolute atomic E-state index is 0.0531. The van der Waals surface area contributed by atoms with Gasteiger partial charge in [-0.2, -0.15) is 0 Å². The first-order valence-electron chi connectivity index (χ1n) is 6.20. The molecule has 0 spiro atoms. The van der Waals surface area contributed by atoms with Crippen molar-refractivity contribution in [3.05, 3.63) is 57.0 Å². The van der Waals surface area contributed by atoms with E-state index in [1.165, 1.54) is 11.3 Å². The zero-order chi connectivity index (χ0) is 15.1. The molecule has 1 heterocycles. The normalized spacial score (nSPS) is 13.6. The summed E-state index contributed by atoms with van der Waals surface area (Å²) in [6.45, 7) is 6.15. The average molecular weight is 299 g/mol. The number of hydrogen-bond donors (Lipinski definition) is 1. The van der Waals surface area contributed by atoms with Gasteiger partial charge in [0.15, 0.2) is 0 Å². The minimum Gasteiger partial charge on any atom is -0.319 e. The molecule has 0 fully saturated rings. The molecule has 5 heteroatoms. The number of benzene rings is 1. The van der Waals surface area contributed by atoms with E-state index in [9.17, 15) is 13.2 Å². The number of halogens is 3. The van der Waals surface area contributed by atoms with Gasteiger partial charge >= 0.3 is 0 Å². The molecule has 1 aromatic carbocycles. The van der Waals surface area contributed by atoms with Crippen LogP contribution in [0.4, 0.5) is 13.2 Å². The fourth-order valence-electron chi connectivity index (χ4n) is 1.92. The van der Waals surface area contributed by atoms with Crippen LogP contribution in [0.25, 0.3) is 0 Å². The van der Waals surface area contributed by atoms with Crippen molar-refractivity contribution in [2.45, 2.75) is 32.2 Å². The van der Waals surface area contributed by atoms with E-state index in [0.29, 0.717) is 17.0 Å². The number of rotatable bonds is 2. The highest BCUT2D eigenvalue weighted by molar-refractivity contribution is 7.12. The van der Waals surface area contributed by atoms with Crippen molar-refractivity contribution >= 4 is 11.3 Å². The van der Waals surface area contributed by atoms with Gasteiger partial charge in [0, 0.05) is 27.5 Å². The summed E-state index contributed by atoms with van der Waals surface area (Å²) in [6, 6.07) is 4.03. The largest absolute Gasteiger partial charge is 0.319 e. The first kappa shape index (κ1) is 15.1. The Kier molecular flexibility index (Phi) is 3.93. The van der Waals surface area contributed by atoms with Crippen molar-refractivity contribution in [3.8, 4) is 0 Å². The Balaban J connectivity index is 2.42. The lowest BCUT2D eigenvalue weighted by Gasteiger charge is -2.16. The molecule has 1 atom stereocenters. The molecule has 0 saturated heterocycles. The molecule has 0 aliphatic rings. The molecule has 0 saturated carbocycles. The van der Waals surface area contributed by atoms with E-state index in [2.05, 4.69) is 0 Å². The van der Waals surface area contributed by atoms with E-state index in [4.69, 9.17) is 5.73 Å². The SMILES string of the molecule is CC(C)(C)c1ccc(C(N)c2c(F)cc(F)cc2F)s1. The maximum absolute atomic E-state index is 13.7. The van der Waals surface area contributed by atoms with Crippen LogP contribution in [0.2, 0.25) is 0 Å². The van der Waals surface area contributed by atoms with Gasteiger partial charge in [-0.1, -0.05) is 20.8 Å². The summed E-state index contributed by atoms with van der Waals surface area (Å²) in [6.07, 6.45) is 0. The smallest absolute Gasteiger partial charge is 0.134 e. The highest BCUT2D eigenvalue weighted by atomic mass is 32.1. The highest BCUT2D eigenvalue weighted by Gasteiger charge is 2.23. The Morgan fingerprint density at radius 2 is 1.60 bits per heavy atom. The minimum atomic E-state index is -0.958. The van der Waals surface area contributed by atoms with Gasteiger partial charge in [-0.05, 0) is 17.5 Å². The molecule has 108 valence electrons. The molecule has 0 aliphatic heterocycles. The molecule has 1 aromatic heterocycles. The summed E-state index contributed by atoms with van der Waals surface area (Å²) in [7, 11) is 0.